The number of ketones is 1. The zero-order chi connectivity index (χ0) is 22.0. The van der Waals surface area contributed by atoms with Crippen molar-refractivity contribution in [2.24, 2.45) is 0 Å². The van der Waals surface area contributed by atoms with Gasteiger partial charge in [0.2, 0.25) is 5.78 Å². The van der Waals surface area contributed by atoms with E-state index in [1.807, 2.05) is 6.07 Å². The van der Waals surface area contributed by atoms with Crippen molar-refractivity contribution in [1.29, 1.82) is 0 Å². The Bertz CT molecular complexity index is 1200. The standard InChI is InChI=1S/C23H18ClNO6/c1-13-18(29-21(26)9-6-16-12-20(28-2)25-31-16)8-7-17-22(27)19(30-23(13)17)11-14-4-3-5-15(24)10-14/h3-5,7-8,10-12H,6,9H2,1-2H3/b19-11-. The van der Waals surface area contributed by atoms with Crippen LogP contribution in [0, 0.1) is 6.92 Å². The Morgan fingerprint density at radius 3 is 2.81 bits per heavy atom. The molecule has 31 heavy (non-hydrogen) atoms. The lowest BCUT2D eigenvalue weighted by Crippen LogP contribution is -2.10. The third kappa shape index (κ3) is 4.46. The minimum absolute atomic E-state index is 0.0918. The average Bonchev–Trinajstić information content (AvgIpc) is 3.34. The molecule has 0 saturated carbocycles. The molecule has 0 aliphatic carbocycles. The summed E-state index contributed by atoms with van der Waals surface area (Å²) in [6, 6.07) is 11.9. The molecule has 1 aliphatic heterocycles. The van der Waals surface area contributed by atoms with E-state index in [0.29, 0.717) is 45.7 Å². The van der Waals surface area contributed by atoms with Crippen molar-refractivity contribution in [2.75, 3.05) is 7.11 Å². The second-order valence-electron chi connectivity index (χ2n) is 6.87. The summed E-state index contributed by atoms with van der Waals surface area (Å²) in [7, 11) is 1.48. The van der Waals surface area contributed by atoms with Crippen LogP contribution in [0.5, 0.6) is 17.4 Å². The number of hydrogen-bond donors (Lipinski definition) is 0. The molecular weight excluding hydrogens is 422 g/mol. The fourth-order valence-electron chi connectivity index (χ4n) is 3.13. The van der Waals surface area contributed by atoms with Gasteiger partial charge < -0.3 is 18.7 Å². The fraction of sp³-hybridized carbons (Fsp3) is 0.174. The summed E-state index contributed by atoms with van der Waals surface area (Å²) in [5.41, 5.74) is 1.73. The number of Topliss-reactive ketones (excluding diaryl/α,β-unsaturated/α-hetero) is 1. The number of ether oxygens (including phenoxy) is 3. The van der Waals surface area contributed by atoms with E-state index >= 15 is 0 Å². The van der Waals surface area contributed by atoms with Gasteiger partial charge in [0.05, 0.1) is 19.1 Å². The highest BCUT2D eigenvalue weighted by atomic mass is 35.5. The van der Waals surface area contributed by atoms with Crippen LogP contribution in [0.25, 0.3) is 6.08 Å². The topological polar surface area (TPSA) is 87.9 Å². The summed E-state index contributed by atoms with van der Waals surface area (Å²) in [5.74, 6) is 1.07. The van der Waals surface area contributed by atoms with Crippen LogP contribution in [-0.4, -0.2) is 24.0 Å². The van der Waals surface area contributed by atoms with Crippen LogP contribution >= 0.6 is 11.6 Å². The lowest BCUT2D eigenvalue weighted by atomic mass is 10.1. The van der Waals surface area contributed by atoms with E-state index in [-0.39, 0.29) is 18.0 Å². The molecule has 0 amide bonds. The zero-order valence-corrected chi connectivity index (χ0v) is 17.6. The number of rotatable bonds is 6. The van der Waals surface area contributed by atoms with E-state index in [4.69, 9.17) is 30.3 Å². The van der Waals surface area contributed by atoms with Gasteiger partial charge in [-0.25, -0.2) is 0 Å². The summed E-state index contributed by atoms with van der Waals surface area (Å²) in [4.78, 5) is 25.0. The molecule has 0 spiro atoms. The number of carbonyl (C=O) groups excluding carboxylic acids is 2. The fourth-order valence-corrected chi connectivity index (χ4v) is 3.33. The van der Waals surface area contributed by atoms with Crippen molar-refractivity contribution >= 4 is 29.4 Å². The molecule has 7 nitrogen and oxygen atoms in total. The predicted molar refractivity (Wildman–Crippen MR) is 113 cm³/mol. The molecule has 0 fully saturated rings. The van der Waals surface area contributed by atoms with Crippen LogP contribution in [0.2, 0.25) is 5.02 Å². The van der Waals surface area contributed by atoms with Gasteiger partial charge in [0.1, 0.15) is 17.3 Å². The Balaban J connectivity index is 1.47. The van der Waals surface area contributed by atoms with Crippen molar-refractivity contribution in [2.45, 2.75) is 19.8 Å². The van der Waals surface area contributed by atoms with Crippen LogP contribution in [0.15, 0.2) is 52.7 Å². The van der Waals surface area contributed by atoms with E-state index in [2.05, 4.69) is 5.16 Å². The van der Waals surface area contributed by atoms with Gasteiger partial charge in [0, 0.05) is 23.1 Å². The first-order valence-corrected chi connectivity index (χ1v) is 9.86. The Morgan fingerprint density at radius 1 is 1.23 bits per heavy atom. The first-order valence-electron chi connectivity index (χ1n) is 9.48. The van der Waals surface area contributed by atoms with Crippen molar-refractivity contribution in [3.8, 4) is 17.4 Å². The first-order chi connectivity index (χ1) is 14.9. The molecule has 0 unspecified atom stereocenters. The van der Waals surface area contributed by atoms with Crippen LogP contribution in [0.1, 0.15) is 33.7 Å². The highest BCUT2D eigenvalue weighted by Gasteiger charge is 2.30. The van der Waals surface area contributed by atoms with Crippen LogP contribution in [-0.2, 0) is 11.2 Å². The normalized spacial score (nSPS) is 13.8. The summed E-state index contributed by atoms with van der Waals surface area (Å²) < 4.78 is 21.3. The lowest BCUT2D eigenvalue weighted by Gasteiger charge is -2.09. The number of hydrogen-bond acceptors (Lipinski definition) is 7. The number of fused-ring (bicyclic) bond motifs is 1. The Hall–Kier alpha value is -3.58. The number of methoxy groups -OCH3 is 1. The van der Waals surface area contributed by atoms with Crippen LogP contribution < -0.4 is 14.2 Å². The number of esters is 1. The van der Waals surface area contributed by atoms with Gasteiger partial charge in [-0.15, -0.1) is 0 Å². The van der Waals surface area contributed by atoms with Crippen molar-refractivity contribution in [3.63, 3.8) is 0 Å². The third-order valence-electron chi connectivity index (χ3n) is 4.73. The summed E-state index contributed by atoms with van der Waals surface area (Å²) in [5, 5.41) is 4.25. The highest BCUT2D eigenvalue weighted by Crippen LogP contribution is 2.39. The minimum atomic E-state index is -0.447. The van der Waals surface area contributed by atoms with Gasteiger partial charge in [-0.05, 0) is 48.0 Å². The van der Waals surface area contributed by atoms with Gasteiger partial charge >= 0.3 is 5.97 Å². The molecule has 0 N–H and O–H groups in total. The van der Waals surface area contributed by atoms with Gasteiger partial charge in [0.15, 0.2) is 5.76 Å². The number of aryl methyl sites for hydroxylation is 1. The molecule has 1 aromatic heterocycles. The minimum Gasteiger partial charge on any atom is -0.479 e. The molecule has 158 valence electrons. The van der Waals surface area contributed by atoms with Crippen molar-refractivity contribution in [1.82, 2.24) is 5.16 Å². The number of benzene rings is 2. The Morgan fingerprint density at radius 2 is 2.06 bits per heavy atom. The quantitative estimate of drug-likeness (QED) is 0.309. The van der Waals surface area contributed by atoms with Gasteiger partial charge in [0.25, 0.3) is 5.88 Å². The number of carbonyl (C=O) groups is 2. The molecule has 8 heteroatoms. The zero-order valence-electron chi connectivity index (χ0n) is 16.8. The van der Waals surface area contributed by atoms with E-state index < -0.39 is 5.97 Å². The van der Waals surface area contributed by atoms with Gasteiger partial charge in [-0.3, -0.25) is 9.59 Å². The van der Waals surface area contributed by atoms with E-state index in [1.165, 1.54) is 7.11 Å². The maximum atomic E-state index is 12.7. The molecular formula is C23H18ClNO6. The van der Waals surface area contributed by atoms with Crippen LogP contribution in [0.3, 0.4) is 0 Å². The van der Waals surface area contributed by atoms with E-state index in [9.17, 15) is 9.59 Å². The molecule has 0 saturated heterocycles. The largest absolute Gasteiger partial charge is 0.479 e. The number of aromatic nitrogens is 1. The Kier molecular flexibility index (Phi) is 5.77. The summed E-state index contributed by atoms with van der Waals surface area (Å²) >= 11 is 6.00. The molecule has 2 heterocycles. The van der Waals surface area contributed by atoms with Gasteiger partial charge in [-0.2, -0.15) is 0 Å². The summed E-state index contributed by atoms with van der Waals surface area (Å²) in [6.45, 7) is 1.73. The van der Waals surface area contributed by atoms with Crippen molar-refractivity contribution in [3.05, 3.63) is 75.7 Å². The highest BCUT2D eigenvalue weighted by molar-refractivity contribution is 6.30. The molecule has 1 aliphatic rings. The predicted octanol–water partition coefficient (Wildman–Crippen LogP) is 4.80. The smallest absolute Gasteiger partial charge is 0.311 e. The number of halogens is 1. The maximum absolute atomic E-state index is 12.7. The molecule has 2 aromatic carbocycles. The molecule has 3 aromatic rings. The van der Waals surface area contributed by atoms with Crippen LogP contribution in [0.4, 0.5) is 0 Å². The number of allylic oxidation sites excluding steroid dienone is 1. The molecule has 0 bridgehead atoms. The Labute approximate surface area is 183 Å². The lowest BCUT2D eigenvalue weighted by molar-refractivity contribution is -0.134. The number of nitrogens with zero attached hydrogens (tertiary/aromatic N) is 1. The summed E-state index contributed by atoms with van der Waals surface area (Å²) in [6.07, 6.45) is 2.04. The SMILES string of the molecule is COc1cc(CCC(=O)Oc2ccc3c(c2C)O/C(=C\c2cccc(Cl)c2)C3=O)on1. The molecule has 4 rings (SSSR count). The second-order valence-corrected chi connectivity index (χ2v) is 7.31. The first kappa shape index (κ1) is 20.7. The second kappa shape index (κ2) is 8.65. The molecule has 0 atom stereocenters. The third-order valence-corrected chi connectivity index (χ3v) is 4.96. The molecule has 0 radical (unpaired) electrons. The van der Waals surface area contributed by atoms with E-state index in [0.717, 1.165) is 5.56 Å². The van der Waals surface area contributed by atoms with Gasteiger partial charge in [-0.1, -0.05) is 23.7 Å². The van der Waals surface area contributed by atoms with E-state index in [1.54, 1.807) is 49.4 Å². The average molecular weight is 440 g/mol. The van der Waals surface area contributed by atoms with Crippen molar-refractivity contribution < 1.29 is 28.3 Å². The monoisotopic (exact) mass is 439 g/mol. The maximum Gasteiger partial charge on any atom is 0.311 e.